The van der Waals surface area contributed by atoms with Crippen LogP contribution in [0.5, 0.6) is 0 Å². The lowest BCUT2D eigenvalue weighted by Crippen LogP contribution is -2.46. The van der Waals surface area contributed by atoms with E-state index in [4.69, 9.17) is 0 Å². The van der Waals surface area contributed by atoms with Crippen molar-refractivity contribution in [2.24, 2.45) is 17.8 Å². The van der Waals surface area contributed by atoms with Crippen LogP contribution in [0.25, 0.3) is 0 Å². The molecule has 4 heteroatoms. The second-order valence-corrected chi connectivity index (χ2v) is 8.71. The monoisotopic (exact) mass is 370 g/mol. The Labute approximate surface area is 163 Å². The van der Waals surface area contributed by atoms with Crippen molar-refractivity contribution in [3.05, 3.63) is 35.9 Å². The van der Waals surface area contributed by atoms with Gasteiger partial charge in [0.1, 0.15) is 0 Å². The number of carbonyl (C=O) groups is 2. The Bertz CT molecular complexity index is 613. The van der Waals surface area contributed by atoms with Gasteiger partial charge in [-0.25, -0.2) is 0 Å². The van der Waals surface area contributed by atoms with Crippen LogP contribution >= 0.6 is 0 Å². The molecule has 2 saturated heterocycles. The maximum Gasteiger partial charge on any atom is 0.225 e. The van der Waals surface area contributed by atoms with E-state index in [0.29, 0.717) is 24.2 Å². The van der Waals surface area contributed by atoms with Crippen molar-refractivity contribution in [1.82, 2.24) is 9.80 Å². The van der Waals surface area contributed by atoms with Crippen LogP contribution in [-0.4, -0.2) is 47.8 Å². The molecule has 2 amide bonds. The van der Waals surface area contributed by atoms with Crippen molar-refractivity contribution in [1.29, 1.82) is 0 Å². The van der Waals surface area contributed by atoms with Crippen molar-refractivity contribution >= 4 is 11.8 Å². The number of hydrogen-bond donors (Lipinski definition) is 0. The second kappa shape index (κ2) is 9.38. The molecule has 2 fully saturated rings. The van der Waals surface area contributed by atoms with E-state index in [1.165, 1.54) is 5.56 Å². The molecule has 0 N–H and O–H groups in total. The van der Waals surface area contributed by atoms with E-state index in [2.05, 4.69) is 49.1 Å². The van der Waals surface area contributed by atoms with Gasteiger partial charge in [0, 0.05) is 38.5 Å². The first-order valence-corrected chi connectivity index (χ1v) is 10.6. The minimum absolute atomic E-state index is 0.110. The number of benzene rings is 1. The third-order valence-corrected chi connectivity index (χ3v) is 6.07. The largest absolute Gasteiger partial charge is 0.343 e. The molecule has 0 radical (unpaired) electrons. The highest BCUT2D eigenvalue weighted by molar-refractivity contribution is 5.80. The Balaban J connectivity index is 1.41. The molecule has 0 bridgehead atoms. The first kappa shape index (κ1) is 19.9. The van der Waals surface area contributed by atoms with Crippen LogP contribution in [0, 0.1) is 17.8 Å². The molecular weight excluding hydrogens is 336 g/mol. The summed E-state index contributed by atoms with van der Waals surface area (Å²) in [5.41, 5.74) is 1.40. The van der Waals surface area contributed by atoms with Gasteiger partial charge in [0.15, 0.2) is 0 Å². The standard InChI is InChI=1S/C23H34N2O2/c1-18(2)16-22(26)24-14-10-21(11-15-24)23(27)25-12-8-20(9-13-25)17-19-6-4-3-5-7-19/h3-7,18,20-21H,8-17H2,1-2H3. The normalized spacial score (nSPS) is 19.5. The molecule has 3 rings (SSSR count). The number of hydrogen-bond acceptors (Lipinski definition) is 2. The van der Waals surface area contributed by atoms with E-state index < -0.39 is 0 Å². The molecule has 0 aromatic heterocycles. The minimum atomic E-state index is 0.110. The van der Waals surface area contributed by atoms with Gasteiger partial charge in [-0.3, -0.25) is 9.59 Å². The molecule has 1 aromatic carbocycles. The zero-order valence-corrected chi connectivity index (χ0v) is 16.9. The van der Waals surface area contributed by atoms with Gasteiger partial charge in [0.2, 0.25) is 11.8 Å². The lowest BCUT2D eigenvalue weighted by Gasteiger charge is -2.37. The molecule has 2 aliphatic heterocycles. The summed E-state index contributed by atoms with van der Waals surface area (Å²) >= 11 is 0. The zero-order valence-electron chi connectivity index (χ0n) is 16.9. The molecule has 0 aliphatic carbocycles. The minimum Gasteiger partial charge on any atom is -0.343 e. The van der Waals surface area contributed by atoms with E-state index in [1.54, 1.807) is 0 Å². The number of carbonyl (C=O) groups excluding carboxylic acids is 2. The summed E-state index contributed by atoms with van der Waals surface area (Å²) in [4.78, 5) is 29.1. The molecule has 2 aliphatic rings. The van der Waals surface area contributed by atoms with Crippen LogP contribution < -0.4 is 0 Å². The van der Waals surface area contributed by atoms with Crippen molar-refractivity contribution in [3.8, 4) is 0 Å². The van der Waals surface area contributed by atoms with Gasteiger partial charge in [-0.15, -0.1) is 0 Å². The molecule has 0 saturated carbocycles. The van der Waals surface area contributed by atoms with Gasteiger partial charge in [-0.05, 0) is 49.5 Å². The number of piperidine rings is 2. The average Bonchev–Trinajstić information content (AvgIpc) is 2.68. The first-order chi connectivity index (χ1) is 13.0. The third-order valence-electron chi connectivity index (χ3n) is 6.07. The zero-order chi connectivity index (χ0) is 19.2. The van der Waals surface area contributed by atoms with E-state index in [9.17, 15) is 9.59 Å². The number of nitrogens with zero attached hydrogens (tertiary/aromatic N) is 2. The molecule has 4 nitrogen and oxygen atoms in total. The van der Waals surface area contributed by atoms with Crippen LogP contribution in [-0.2, 0) is 16.0 Å². The van der Waals surface area contributed by atoms with E-state index >= 15 is 0 Å². The highest BCUT2D eigenvalue weighted by Gasteiger charge is 2.32. The molecule has 0 spiro atoms. The Morgan fingerprint density at radius 3 is 2.11 bits per heavy atom. The van der Waals surface area contributed by atoms with Crippen LogP contribution in [0.1, 0.15) is 51.5 Å². The van der Waals surface area contributed by atoms with Gasteiger partial charge < -0.3 is 9.80 Å². The summed E-state index contributed by atoms with van der Waals surface area (Å²) in [6, 6.07) is 10.7. The lowest BCUT2D eigenvalue weighted by molar-refractivity contribution is -0.142. The van der Waals surface area contributed by atoms with Crippen LogP contribution in [0.4, 0.5) is 0 Å². The average molecular weight is 371 g/mol. The highest BCUT2D eigenvalue weighted by atomic mass is 16.2. The predicted molar refractivity (Wildman–Crippen MR) is 108 cm³/mol. The summed E-state index contributed by atoms with van der Waals surface area (Å²) in [7, 11) is 0. The fourth-order valence-corrected chi connectivity index (χ4v) is 4.42. The SMILES string of the molecule is CC(C)CC(=O)N1CCC(C(=O)N2CCC(Cc3ccccc3)CC2)CC1. The first-order valence-electron chi connectivity index (χ1n) is 10.6. The van der Waals surface area contributed by atoms with Gasteiger partial charge in [-0.1, -0.05) is 44.2 Å². The maximum absolute atomic E-state index is 12.9. The molecule has 0 atom stereocenters. The highest BCUT2D eigenvalue weighted by Crippen LogP contribution is 2.26. The van der Waals surface area contributed by atoms with Crippen LogP contribution in [0.3, 0.4) is 0 Å². The van der Waals surface area contributed by atoms with Gasteiger partial charge in [0.25, 0.3) is 0 Å². The van der Waals surface area contributed by atoms with Crippen LogP contribution in [0.15, 0.2) is 30.3 Å². The second-order valence-electron chi connectivity index (χ2n) is 8.71. The summed E-state index contributed by atoms with van der Waals surface area (Å²) in [6.07, 6.45) is 5.60. The molecule has 1 aromatic rings. The number of rotatable bonds is 5. The quantitative estimate of drug-likeness (QED) is 0.792. The summed E-state index contributed by atoms with van der Waals surface area (Å²) < 4.78 is 0. The van der Waals surface area contributed by atoms with E-state index in [0.717, 1.165) is 58.3 Å². The van der Waals surface area contributed by atoms with Gasteiger partial charge >= 0.3 is 0 Å². The van der Waals surface area contributed by atoms with Gasteiger partial charge in [0.05, 0.1) is 0 Å². The fourth-order valence-electron chi connectivity index (χ4n) is 4.42. The number of amides is 2. The topological polar surface area (TPSA) is 40.6 Å². The Morgan fingerprint density at radius 1 is 0.926 bits per heavy atom. The van der Waals surface area contributed by atoms with Crippen molar-refractivity contribution in [3.63, 3.8) is 0 Å². The Hall–Kier alpha value is -1.84. The van der Waals surface area contributed by atoms with Crippen molar-refractivity contribution in [2.45, 2.75) is 52.4 Å². The summed E-state index contributed by atoms with van der Waals surface area (Å²) in [5.74, 6) is 1.77. The maximum atomic E-state index is 12.9. The summed E-state index contributed by atoms with van der Waals surface area (Å²) in [5, 5.41) is 0. The van der Waals surface area contributed by atoms with Crippen molar-refractivity contribution in [2.75, 3.05) is 26.2 Å². The van der Waals surface area contributed by atoms with Gasteiger partial charge in [-0.2, -0.15) is 0 Å². The number of likely N-dealkylation sites (tertiary alicyclic amines) is 2. The molecule has 27 heavy (non-hydrogen) atoms. The molecule has 2 heterocycles. The fraction of sp³-hybridized carbons (Fsp3) is 0.652. The molecule has 148 valence electrons. The van der Waals surface area contributed by atoms with Crippen molar-refractivity contribution < 1.29 is 9.59 Å². The van der Waals surface area contributed by atoms with E-state index in [1.807, 2.05) is 4.90 Å². The van der Waals surface area contributed by atoms with Crippen LogP contribution in [0.2, 0.25) is 0 Å². The van der Waals surface area contributed by atoms with E-state index in [-0.39, 0.29) is 11.8 Å². The Morgan fingerprint density at radius 2 is 1.52 bits per heavy atom. The third kappa shape index (κ3) is 5.57. The lowest BCUT2D eigenvalue weighted by atomic mass is 9.88. The molecular formula is C23H34N2O2. The Kier molecular flexibility index (Phi) is 6.92. The molecule has 0 unspecified atom stereocenters. The predicted octanol–water partition coefficient (Wildman–Crippen LogP) is 3.75. The summed E-state index contributed by atoms with van der Waals surface area (Å²) in [6.45, 7) is 7.43. The smallest absolute Gasteiger partial charge is 0.225 e.